The maximum absolute atomic E-state index is 7.05. The molecule has 2 unspecified atom stereocenters. The molecular formula is C29H41NO2. The fraction of sp³-hybridized carbons (Fsp3) is 0.793. The number of benzene rings is 1. The zero-order valence-corrected chi connectivity index (χ0v) is 20.3. The zero-order chi connectivity index (χ0) is 21.8. The second-order valence-electron chi connectivity index (χ2n) is 12.9. The van der Waals surface area contributed by atoms with Gasteiger partial charge in [-0.2, -0.15) is 0 Å². The molecule has 0 aromatic heterocycles. The molecule has 0 amide bonds. The first-order valence-electron chi connectivity index (χ1n) is 13.5. The number of rotatable bonds is 6. The monoisotopic (exact) mass is 435 g/mol. The molecule has 2 saturated carbocycles. The third-order valence-corrected chi connectivity index (χ3v) is 11.8. The van der Waals surface area contributed by atoms with Gasteiger partial charge in [0.05, 0.1) is 12.2 Å². The quantitative estimate of drug-likeness (QED) is 0.499. The average Bonchev–Trinajstić information content (AvgIpc) is 3.24. The second kappa shape index (κ2) is 6.61. The number of piperidine rings is 2. The Balaban J connectivity index is 1.22. The third kappa shape index (κ3) is 2.25. The molecule has 7 rings (SSSR count). The van der Waals surface area contributed by atoms with E-state index in [1.165, 1.54) is 63.4 Å². The molecular weight excluding hydrogens is 394 g/mol. The maximum Gasteiger partial charge on any atom is 0.115 e. The summed E-state index contributed by atoms with van der Waals surface area (Å²) in [6.45, 7) is 9.21. The number of hydrogen-bond acceptors (Lipinski definition) is 3. The first kappa shape index (κ1) is 20.5. The van der Waals surface area contributed by atoms with Crippen molar-refractivity contribution in [2.24, 2.45) is 28.6 Å². The van der Waals surface area contributed by atoms with Crippen LogP contribution in [0.25, 0.3) is 0 Å². The lowest BCUT2D eigenvalue weighted by Crippen LogP contribution is -2.78. The minimum Gasteiger partial charge on any atom is -0.377 e. The molecule has 32 heavy (non-hydrogen) atoms. The third-order valence-electron chi connectivity index (χ3n) is 11.8. The summed E-state index contributed by atoms with van der Waals surface area (Å²) in [5.41, 5.74) is 2.69. The van der Waals surface area contributed by atoms with Gasteiger partial charge in [-0.1, -0.05) is 43.7 Å². The molecule has 9 atom stereocenters. The van der Waals surface area contributed by atoms with Gasteiger partial charge < -0.3 is 9.47 Å². The number of hydrogen-bond donors (Lipinski definition) is 0. The topological polar surface area (TPSA) is 21.7 Å². The molecule has 1 aromatic rings. The second-order valence-corrected chi connectivity index (χ2v) is 12.9. The highest BCUT2D eigenvalue weighted by atomic mass is 16.5. The lowest BCUT2D eigenvalue weighted by Gasteiger charge is -2.73. The van der Waals surface area contributed by atoms with Crippen LogP contribution >= 0.6 is 0 Å². The first-order chi connectivity index (χ1) is 15.4. The van der Waals surface area contributed by atoms with E-state index < -0.39 is 0 Å². The maximum atomic E-state index is 7.05. The summed E-state index contributed by atoms with van der Waals surface area (Å²) in [7, 11) is 0. The largest absolute Gasteiger partial charge is 0.377 e. The Kier molecular flexibility index (Phi) is 4.23. The van der Waals surface area contributed by atoms with E-state index in [4.69, 9.17) is 9.47 Å². The number of ether oxygens (including phenoxy) is 2. The van der Waals surface area contributed by atoms with Gasteiger partial charge in [-0.15, -0.1) is 0 Å². The van der Waals surface area contributed by atoms with E-state index in [0.717, 1.165) is 31.1 Å². The van der Waals surface area contributed by atoms with Gasteiger partial charge in [0.25, 0.3) is 0 Å². The smallest absolute Gasteiger partial charge is 0.115 e. The van der Waals surface area contributed by atoms with Crippen LogP contribution in [0, 0.1) is 28.6 Å². The van der Waals surface area contributed by atoms with Crippen LogP contribution in [0.4, 0.5) is 0 Å². The highest BCUT2D eigenvalue weighted by Crippen LogP contribution is 2.82. The molecule has 3 nitrogen and oxygen atoms in total. The van der Waals surface area contributed by atoms with E-state index in [-0.39, 0.29) is 5.60 Å². The summed E-state index contributed by atoms with van der Waals surface area (Å²) in [5.74, 6) is 2.30. The summed E-state index contributed by atoms with van der Waals surface area (Å²) in [6.07, 6.45) is 12.9. The van der Waals surface area contributed by atoms with Crippen LogP contribution in [-0.2, 0) is 16.1 Å². The van der Waals surface area contributed by atoms with Gasteiger partial charge >= 0.3 is 0 Å². The molecule has 6 fully saturated rings. The lowest BCUT2D eigenvalue weighted by molar-refractivity contribution is -0.352. The summed E-state index contributed by atoms with van der Waals surface area (Å²) in [4.78, 5) is 3.06. The lowest BCUT2D eigenvalue weighted by atomic mass is 9.41. The van der Waals surface area contributed by atoms with Crippen molar-refractivity contribution < 1.29 is 9.47 Å². The van der Waals surface area contributed by atoms with E-state index in [1.807, 2.05) is 0 Å². The Bertz CT molecular complexity index is 900. The van der Waals surface area contributed by atoms with Gasteiger partial charge in [0.1, 0.15) is 6.23 Å². The van der Waals surface area contributed by atoms with Crippen molar-refractivity contribution in [1.29, 1.82) is 0 Å². The van der Waals surface area contributed by atoms with Crippen molar-refractivity contribution in [2.75, 3.05) is 6.61 Å². The predicted molar refractivity (Wildman–Crippen MR) is 126 cm³/mol. The van der Waals surface area contributed by atoms with Crippen LogP contribution in [0.15, 0.2) is 30.3 Å². The van der Waals surface area contributed by atoms with Gasteiger partial charge in [-0.25, -0.2) is 0 Å². The molecule has 0 radical (unpaired) electrons. The SMILES string of the molecule is CC1(C)OC2[C@H]3CC[C@]45CCC[C@H]4[C@@]4(CCCOCc6ccccc6)[C@H]([C@@H]1CC[C@@]34C)N25. The highest BCUT2D eigenvalue weighted by molar-refractivity contribution is 5.34. The predicted octanol–water partition coefficient (Wildman–Crippen LogP) is 6.17. The Morgan fingerprint density at radius 1 is 1.00 bits per heavy atom. The molecule has 4 aliphatic heterocycles. The van der Waals surface area contributed by atoms with E-state index >= 15 is 0 Å². The Hall–Kier alpha value is -0.900. The molecule has 2 aliphatic carbocycles. The highest BCUT2D eigenvalue weighted by Gasteiger charge is 2.84. The van der Waals surface area contributed by atoms with Crippen LogP contribution in [-0.4, -0.2) is 34.9 Å². The summed E-state index contributed by atoms with van der Waals surface area (Å²) in [6, 6.07) is 11.4. The molecule has 0 N–H and O–H groups in total. The first-order valence-corrected chi connectivity index (χ1v) is 13.5. The van der Waals surface area contributed by atoms with Gasteiger partial charge in [-0.3, -0.25) is 4.90 Å². The summed E-state index contributed by atoms with van der Waals surface area (Å²) in [5, 5.41) is 0. The van der Waals surface area contributed by atoms with Crippen molar-refractivity contribution in [3.63, 3.8) is 0 Å². The normalized spacial score (nSPS) is 51.2. The van der Waals surface area contributed by atoms with E-state index in [1.54, 1.807) is 0 Å². The molecule has 6 aliphatic rings. The van der Waals surface area contributed by atoms with Crippen LogP contribution < -0.4 is 0 Å². The molecule has 4 heterocycles. The molecule has 174 valence electrons. The average molecular weight is 436 g/mol. The molecule has 3 heteroatoms. The molecule has 6 bridgehead atoms. The molecule has 1 spiro atoms. The van der Waals surface area contributed by atoms with Crippen molar-refractivity contribution >= 4 is 0 Å². The summed E-state index contributed by atoms with van der Waals surface area (Å²) >= 11 is 0. The zero-order valence-electron chi connectivity index (χ0n) is 20.3. The van der Waals surface area contributed by atoms with E-state index in [0.29, 0.717) is 28.5 Å². The Morgan fingerprint density at radius 2 is 1.81 bits per heavy atom. The molecule has 4 saturated heterocycles. The van der Waals surface area contributed by atoms with Crippen molar-refractivity contribution in [2.45, 2.75) is 109 Å². The standard InChI is InChI=1S/C29H41NO2/c1-26(2)21-12-16-27(3)22-13-17-28-14-7-11-23(28)29(27,24(21)30(28)25(22)32-26)15-8-18-31-19-20-9-5-4-6-10-20/h4-6,9-10,21-25H,7-8,11-19H2,1-3H3/t21-,22+,23+,24-,25?,27-,28+,29-/m0/s1. The van der Waals surface area contributed by atoms with Crippen molar-refractivity contribution in [3.8, 4) is 0 Å². The van der Waals surface area contributed by atoms with E-state index in [2.05, 4.69) is 56.0 Å². The molecule has 1 aromatic carbocycles. The van der Waals surface area contributed by atoms with Crippen molar-refractivity contribution in [3.05, 3.63) is 35.9 Å². The minimum absolute atomic E-state index is 0.0259. The van der Waals surface area contributed by atoms with E-state index in [9.17, 15) is 0 Å². The fourth-order valence-corrected chi connectivity index (χ4v) is 10.8. The van der Waals surface area contributed by atoms with Gasteiger partial charge in [0.2, 0.25) is 0 Å². The van der Waals surface area contributed by atoms with Crippen molar-refractivity contribution in [1.82, 2.24) is 4.90 Å². The van der Waals surface area contributed by atoms with Crippen LogP contribution in [0.1, 0.15) is 84.1 Å². The Morgan fingerprint density at radius 3 is 2.66 bits per heavy atom. The number of fused-ring (bicyclic) bond motifs is 1. The fourth-order valence-electron chi connectivity index (χ4n) is 10.8. The van der Waals surface area contributed by atoms with Gasteiger partial charge in [0.15, 0.2) is 0 Å². The summed E-state index contributed by atoms with van der Waals surface area (Å²) < 4.78 is 13.3. The minimum atomic E-state index is 0.0259. The van der Waals surface area contributed by atoms with Crippen LogP contribution in [0.3, 0.4) is 0 Å². The van der Waals surface area contributed by atoms with Crippen LogP contribution in [0.5, 0.6) is 0 Å². The van der Waals surface area contributed by atoms with Gasteiger partial charge in [-0.05, 0) is 87.5 Å². The number of nitrogens with zero attached hydrogens (tertiary/aromatic N) is 1. The van der Waals surface area contributed by atoms with Crippen LogP contribution in [0.2, 0.25) is 0 Å². The van der Waals surface area contributed by atoms with Gasteiger partial charge in [0, 0.05) is 30.0 Å². The Labute approximate surface area is 194 Å².